The molecular formula is C11H15NO2. The van der Waals surface area contributed by atoms with Gasteiger partial charge in [-0.15, -0.1) is 0 Å². The molecule has 0 unspecified atom stereocenters. The maximum absolute atomic E-state index is 9.68. The van der Waals surface area contributed by atoms with Crippen molar-refractivity contribution < 1.29 is 9.84 Å². The van der Waals surface area contributed by atoms with Crippen LogP contribution >= 0.6 is 0 Å². The average molecular weight is 193 g/mol. The highest BCUT2D eigenvalue weighted by Gasteiger charge is 2.25. The predicted molar refractivity (Wildman–Crippen MR) is 54.4 cm³/mol. The van der Waals surface area contributed by atoms with E-state index in [2.05, 4.69) is 5.32 Å². The Morgan fingerprint density at radius 1 is 1.36 bits per heavy atom. The van der Waals surface area contributed by atoms with Crippen molar-refractivity contribution in [3.05, 3.63) is 29.8 Å². The molecule has 1 aliphatic rings. The van der Waals surface area contributed by atoms with Crippen LogP contribution in [-0.4, -0.2) is 24.9 Å². The van der Waals surface area contributed by atoms with Crippen LogP contribution in [0.2, 0.25) is 0 Å². The van der Waals surface area contributed by atoms with Crippen molar-refractivity contribution in [2.24, 2.45) is 0 Å². The fourth-order valence-corrected chi connectivity index (χ4v) is 1.84. The molecule has 1 fully saturated rings. The van der Waals surface area contributed by atoms with Gasteiger partial charge in [-0.25, -0.2) is 0 Å². The summed E-state index contributed by atoms with van der Waals surface area (Å²) in [5.74, 6) is 0.848. The van der Waals surface area contributed by atoms with Crippen molar-refractivity contribution in [2.45, 2.75) is 18.6 Å². The Morgan fingerprint density at radius 3 is 2.57 bits per heavy atom. The number of rotatable bonds is 2. The van der Waals surface area contributed by atoms with E-state index >= 15 is 0 Å². The minimum Gasteiger partial charge on any atom is -0.497 e. The molecule has 14 heavy (non-hydrogen) atoms. The summed E-state index contributed by atoms with van der Waals surface area (Å²) < 4.78 is 5.08. The molecule has 0 spiro atoms. The fraction of sp³-hybridized carbons (Fsp3) is 0.455. The highest BCUT2D eigenvalue weighted by molar-refractivity contribution is 5.30. The summed E-state index contributed by atoms with van der Waals surface area (Å²) in [6.07, 6.45) is 0.569. The molecule has 2 atom stereocenters. The van der Waals surface area contributed by atoms with Crippen molar-refractivity contribution in [2.75, 3.05) is 13.7 Å². The van der Waals surface area contributed by atoms with E-state index in [-0.39, 0.29) is 12.1 Å². The number of aliphatic hydroxyl groups excluding tert-OH is 1. The Bertz CT molecular complexity index is 297. The Hall–Kier alpha value is -1.06. The van der Waals surface area contributed by atoms with Gasteiger partial charge in [-0.1, -0.05) is 12.1 Å². The van der Waals surface area contributed by atoms with Crippen LogP contribution in [0.3, 0.4) is 0 Å². The van der Waals surface area contributed by atoms with Crippen LogP contribution in [0.1, 0.15) is 18.0 Å². The number of hydrogen-bond acceptors (Lipinski definition) is 3. The van der Waals surface area contributed by atoms with Gasteiger partial charge in [0.25, 0.3) is 0 Å². The van der Waals surface area contributed by atoms with Crippen LogP contribution in [0, 0.1) is 0 Å². The number of aliphatic hydroxyl groups is 1. The van der Waals surface area contributed by atoms with Gasteiger partial charge in [0.2, 0.25) is 0 Å². The third-order valence-corrected chi connectivity index (χ3v) is 2.66. The zero-order chi connectivity index (χ0) is 9.97. The topological polar surface area (TPSA) is 41.5 Å². The molecular weight excluding hydrogens is 178 g/mol. The van der Waals surface area contributed by atoms with Gasteiger partial charge in [0.15, 0.2) is 0 Å². The first-order valence-electron chi connectivity index (χ1n) is 4.86. The summed E-state index contributed by atoms with van der Waals surface area (Å²) in [5, 5.41) is 12.9. The van der Waals surface area contributed by atoms with E-state index in [0.717, 1.165) is 24.3 Å². The van der Waals surface area contributed by atoms with E-state index < -0.39 is 0 Å². The predicted octanol–water partition coefficient (Wildman–Crippen LogP) is 1.09. The molecule has 1 aliphatic heterocycles. The van der Waals surface area contributed by atoms with E-state index in [1.807, 2.05) is 24.3 Å². The summed E-state index contributed by atoms with van der Waals surface area (Å²) in [5.41, 5.74) is 1.12. The summed E-state index contributed by atoms with van der Waals surface area (Å²) in [4.78, 5) is 0. The fourth-order valence-electron chi connectivity index (χ4n) is 1.84. The molecule has 0 aromatic heterocycles. The van der Waals surface area contributed by atoms with E-state index in [4.69, 9.17) is 4.74 Å². The lowest BCUT2D eigenvalue weighted by atomic mass is 10.0. The van der Waals surface area contributed by atoms with Crippen LogP contribution in [0.25, 0.3) is 0 Å². The SMILES string of the molecule is COc1ccc([C@H]2NCC[C@H]2O)cc1. The van der Waals surface area contributed by atoms with E-state index in [1.54, 1.807) is 7.11 Å². The van der Waals surface area contributed by atoms with Crippen LogP contribution in [0.5, 0.6) is 5.75 Å². The van der Waals surface area contributed by atoms with Gasteiger partial charge in [-0.05, 0) is 30.7 Å². The minimum atomic E-state index is -0.261. The van der Waals surface area contributed by atoms with Crippen molar-refractivity contribution in [3.8, 4) is 5.75 Å². The second-order valence-corrected chi connectivity index (χ2v) is 3.56. The molecule has 1 heterocycles. The van der Waals surface area contributed by atoms with Gasteiger partial charge in [0, 0.05) is 0 Å². The first kappa shape index (κ1) is 9.49. The van der Waals surface area contributed by atoms with Crippen molar-refractivity contribution in [3.63, 3.8) is 0 Å². The highest BCUT2D eigenvalue weighted by Crippen LogP contribution is 2.25. The first-order valence-corrected chi connectivity index (χ1v) is 4.86. The smallest absolute Gasteiger partial charge is 0.118 e. The molecule has 3 nitrogen and oxygen atoms in total. The first-order chi connectivity index (χ1) is 6.81. The van der Waals surface area contributed by atoms with Gasteiger partial charge < -0.3 is 15.2 Å². The Morgan fingerprint density at radius 2 is 2.07 bits per heavy atom. The average Bonchev–Trinajstić information content (AvgIpc) is 2.65. The summed E-state index contributed by atoms with van der Waals surface area (Å²) >= 11 is 0. The molecule has 0 bridgehead atoms. The molecule has 1 saturated heterocycles. The van der Waals surface area contributed by atoms with Gasteiger partial charge in [-0.3, -0.25) is 0 Å². The number of ether oxygens (including phenoxy) is 1. The van der Waals surface area contributed by atoms with E-state index in [1.165, 1.54) is 0 Å². The van der Waals surface area contributed by atoms with Crippen molar-refractivity contribution >= 4 is 0 Å². The van der Waals surface area contributed by atoms with Crippen molar-refractivity contribution in [1.29, 1.82) is 0 Å². The van der Waals surface area contributed by atoms with E-state index in [0.29, 0.717) is 0 Å². The molecule has 0 amide bonds. The van der Waals surface area contributed by atoms with E-state index in [9.17, 15) is 5.11 Å². The lowest BCUT2D eigenvalue weighted by Crippen LogP contribution is -2.20. The highest BCUT2D eigenvalue weighted by atomic mass is 16.5. The van der Waals surface area contributed by atoms with Gasteiger partial charge in [0.1, 0.15) is 5.75 Å². The minimum absolute atomic E-state index is 0.0842. The van der Waals surface area contributed by atoms with Crippen molar-refractivity contribution in [1.82, 2.24) is 5.32 Å². The monoisotopic (exact) mass is 193 g/mol. The standard InChI is InChI=1S/C11H15NO2/c1-14-9-4-2-8(3-5-9)11-10(13)6-7-12-11/h2-5,10-13H,6-7H2,1H3/t10-,11-/m1/s1. The third-order valence-electron chi connectivity index (χ3n) is 2.66. The van der Waals surface area contributed by atoms with Crippen LogP contribution in [0.15, 0.2) is 24.3 Å². The maximum Gasteiger partial charge on any atom is 0.118 e. The Kier molecular flexibility index (Phi) is 2.70. The zero-order valence-corrected chi connectivity index (χ0v) is 8.23. The number of benzene rings is 1. The largest absolute Gasteiger partial charge is 0.497 e. The lowest BCUT2D eigenvalue weighted by Gasteiger charge is -2.15. The lowest BCUT2D eigenvalue weighted by molar-refractivity contribution is 0.160. The Balaban J connectivity index is 2.16. The Labute approximate surface area is 83.7 Å². The summed E-state index contributed by atoms with van der Waals surface area (Å²) in [6, 6.07) is 7.90. The molecule has 2 N–H and O–H groups in total. The van der Waals surface area contributed by atoms with Gasteiger partial charge in [-0.2, -0.15) is 0 Å². The molecule has 1 aromatic rings. The summed E-state index contributed by atoms with van der Waals surface area (Å²) in [6.45, 7) is 0.887. The molecule has 3 heteroatoms. The van der Waals surface area contributed by atoms with Gasteiger partial charge >= 0.3 is 0 Å². The molecule has 0 saturated carbocycles. The third kappa shape index (κ3) is 1.74. The molecule has 0 aliphatic carbocycles. The number of methoxy groups -OCH3 is 1. The summed E-state index contributed by atoms with van der Waals surface area (Å²) in [7, 11) is 1.65. The number of nitrogens with one attached hydrogen (secondary N) is 1. The van der Waals surface area contributed by atoms with Crippen LogP contribution in [0.4, 0.5) is 0 Å². The number of hydrogen-bond donors (Lipinski definition) is 2. The zero-order valence-electron chi connectivity index (χ0n) is 8.23. The normalized spacial score (nSPS) is 26.4. The van der Waals surface area contributed by atoms with Gasteiger partial charge in [0.05, 0.1) is 19.3 Å². The quantitative estimate of drug-likeness (QED) is 0.738. The maximum atomic E-state index is 9.68. The molecule has 2 rings (SSSR count). The second kappa shape index (κ2) is 3.98. The molecule has 76 valence electrons. The molecule has 1 aromatic carbocycles. The molecule has 0 radical (unpaired) electrons. The van der Waals surface area contributed by atoms with Crippen LogP contribution in [-0.2, 0) is 0 Å². The second-order valence-electron chi connectivity index (χ2n) is 3.56. The van der Waals surface area contributed by atoms with Crippen LogP contribution < -0.4 is 10.1 Å².